The molecule has 0 aromatic heterocycles. The third-order valence-corrected chi connectivity index (χ3v) is 4.69. The molecule has 2 saturated heterocycles. The standard InChI is InChI=1S/C17H23F3N2O10/c18-17(19,20)16(29)21-12-14(28)13(27)8(7-23)31-15(12)30-6-2-1-3-11(26)32-22-9(24)4-5-10(22)25/h8,12-15,23,27-28H,1-7H2,(H,21,29)/t8?,12?,13-,14?,15+/m0/s1. The van der Waals surface area contributed by atoms with Crippen LogP contribution in [0.15, 0.2) is 0 Å². The van der Waals surface area contributed by atoms with E-state index in [0.29, 0.717) is 5.06 Å². The topological polar surface area (TPSA) is 172 Å². The van der Waals surface area contributed by atoms with Crippen molar-refractivity contribution in [1.82, 2.24) is 10.4 Å². The lowest BCUT2D eigenvalue weighted by atomic mass is 9.97. The molecule has 3 unspecified atom stereocenters. The number of amides is 3. The monoisotopic (exact) mass is 472 g/mol. The first-order valence-corrected chi connectivity index (χ1v) is 9.64. The Hall–Kier alpha value is -2.33. The van der Waals surface area contributed by atoms with Crippen LogP contribution in [-0.4, -0.2) is 94.1 Å². The number of carbonyl (C=O) groups is 4. The zero-order chi connectivity index (χ0) is 24.1. The molecule has 0 saturated carbocycles. The Bertz CT molecular complexity index is 703. The van der Waals surface area contributed by atoms with Gasteiger partial charge in [0.1, 0.15) is 24.4 Å². The molecule has 2 heterocycles. The molecule has 4 N–H and O–H groups in total. The average molecular weight is 472 g/mol. The Morgan fingerprint density at radius 1 is 1.12 bits per heavy atom. The highest BCUT2D eigenvalue weighted by Gasteiger charge is 2.49. The van der Waals surface area contributed by atoms with Crippen molar-refractivity contribution in [1.29, 1.82) is 0 Å². The van der Waals surface area contributed by atoms with E-state index in [9.17, 15) is 47.7 Å². The highest BCUT2D eigenvalue weighted by molar-refractivity contribution is 6.01. The molecule has 5 atom stereocenters. The second kappa shape index (κ2) is 11.0. The first kappa shape index (κ1) is 25.9. The molecule has 12 nitrogen and oxygen atoms in total. The number of halogens is 3. The molecule has 32 heavy (non-hydrogen) atoms. The van der Waals surface area contributed by atoms with Crippen molar-refractivity contribution in [2.45, 2.75) is 68.9 Å². The molecule has 2 aliphatic heterocycles. The quantitative estimate of drug-likeness (QED) is 0.223. The van der Waals surface area contributed by atoms with Gasteiger partial charge >= 0.3 is 18.1 Å². The van der Waals surface area contributed by atoms with Crippen LogP contribution in [0.3, 0.4) is 0 Å². The number of hydrogen-bond acceptors (Lipinski definition) is 10. The van der Waals surface area contributed by atoms with Crippen LogP contribution in [-0.2, 0) is 33.5 Å². The van der Waals surface area contributed by atoms with Crippen molar-refractivity contribution in [3.8, 4) is 0 Å². The fourth-order valence-electron chi connectivity index (χ4n) is 2.99. The minimum atomic E-state index is -5.26. The summed E-state index contributed by atoms with van der Waals surface area (Å²) >= 11 is 0. The van der Waals surface area contributed by atoms with Crippen LogP contribution < -0.4 is 5.32 Å². The van der Waals surface area contributed by atoms with Crippen LogP contribution in [0.1, 0.15) is 32.1 Å². The van der Waals surface area contributed by atoms with Crippen LogP contribution >= 0.6 is 0 Å². The van der Waals surface area contributed by atoms with E-state index < -0.39 is 67.1 Å². The van der Waals surface area contributed by atoms with Gasteiger partial charge in [0.25, 0.3) is 11.8 Å². The third kappa shape index (κ3) is 6.59. The molecule has 0 aromatic rings. The van der Waals surface area contributed by atoms with Crippen molar-refractivity contribution in [3.05, 3.63) is 0 Å². The lowest BCUT2D eigenvalue weighted by Gasteiger charge is -2.42. The summed E-state index contributed by atoms with van der Waals surface area (Å²) in [5.41, 5.74) is 0. The van der Waals surface area contributed by atoms with E-state index in [-0.39, 0.29) is 38.7 Å². The summed E-state index contributed by atoms with van der Waals surface area (Å²) in [6, 6.07) is -1.79. The number of hydroxylamine groups is 2. The number of rotatable bonds is 9. The summed E-state index contributed by atoms with van der Waals surface area (Å²) in [7, 11) is 0. The van der Waals surface area contributed by atoms with Gasteiger partial charge in [-0.25, -0.2) is 4.79 Å². The van der Waals surface area contributed by atoms with E-state index in [0.717, 1.165) is 0 Å². The molecule has 15 heteroatoms. The van der Waals surface area contributed by atoms with Crippen LogP contribution in [0.5, 0.6) is 0 Å². The molecule has 182 valence electrons. The number of nitrogens with one attached hydrogen (secondary N) is 1. The molecule has 0 bridgehead atoms. The largest absolute Gasteiger partial charge is 0.471 e. The minimum Gasteiger partial charge on any atom is -0.394 e. The summed E-state index contributed by atoms with van der Waals surface area (Å²) < 4.78 is 48.1. The van der Waals surface area contributed by atoms with Crippen molar-refractivity contribution in [2.24, 2.45) is 0 Å². The number of carbonyl (C=O) groups excluding carboxylic acids is 4. The lowest BCUT2D eigenvalue weighted by Crippen LogP contribution is -2.65. The average Bonchev–Trinajstić information content (AvgIpc) is 3.03. The maximum atomic E-state index is 12.6. The Morgan fingerprint density at radius 3 is 2.31 bits per heavy atom. The van der Waals surface area contributed by atoms with E-state index in [1.165, 1.54) is 5.32 Å². The summed E-state index contributed by atoms with van der Waals surface area (Å²) in [6.45, 7) is -0.989. The fourth-order valence-corrected chi connectivity index (χ4v) is 2.99. The Kier molecular flexibility index (Phi) is 8.91. The van der Waals surface area contributed by atoms with Crippen LogP contribution in [0, 0.1) is 0 Å². The first-order valence-electron chi connectivity index (χ1n) is 9.64. The predicted molar refractivity (Wildman–Crippen MR) is 92.7 cm³/mol. The fraction of sp³-hybridized carbons (Fsp3) is 0.765. The SMILES string of the molecule is O=C(CCCCO[C@@H]1OC(CO)[C@H](O)C(O)C1NC(=O)C(F)(F)F)ON1C(=O)CCC1=O. The molecule has 3 amide bonds. The van der Waals surface area contributed by atoms with E-state index in [4.69, 9.17) is 9.47 Å². The Balaban J connectivity index is 1.83. The lowest BCUT2D eigenvalue weighted by molar-refractivity contribution is -0.272. The Labute approximate surface area is 179 Å². The number of nitrogens with zero attached hydrogens (tertiary/aromatic N) is 1. The maximum Gasteiger partial charge on any atom is 0.471 e. The first-order chi connectivity index (χ1) is 15.0. The van der Waals surface area contributed by atoms with Crippen molar-refractivity contribution in [2.75, 3.05) is 13.2 Å². The van der Waals surface area contributed by atoms with Crippen LogP contribution in [0.25, 0.3) is 0 Å². The number of hydrogen-bond donors (Lipinski definition) is 4. The van der Waals surface area contributed by atoms with Gasteiger partial charge in [-0.15, -0.1) is 5.06 Å². The van der Waals surface area contributed by atoms with E-state index in [2.05, 4.69) is 4.84 Å². The highest BCUT2D eigenvalue weighted by atomic mass is 19.4. The summed E-state index contributed by atoms with van der Waals surface area (Å²) in [5, 5.41) is 31.0. The van der Waals surface area contributed by atoms with Gasteiger partial charge in [-0.1, -0.05) is 0 Å². The van der Waals surface area contributed by atoms with Gasteiger partial charge in [-0.05, 0) is 12.8 Å². The van der Waals surface area contributed by atoms with Gasteiger partial charge in [-0.3, -0.25) is 14.4 Å². The highest BCUT2D eigenvalue weighted by Crippen LogP contribution is 2.24. The zero-order valence-corrected chi connectivity index (χ0v) is 16.6. The molecule has 2 fully saturated rings. The summed E-state index contributed by atoms with van der Waals surface area (Å²) in [4.78, 5) is 50.4. The van der Waals surface area contributed by atoms with E-state index >= 15 is 0 Å². The number of aliphatic hydroxyl groups is 3. The summed E-state index contributed by atoms with van der Waals surface area (Å²) in [6.07, 6.45) is -12.0. The second-order valence-electron chi connectivity index (χ2n) is 7.08. The maximum absolute atomic E-state index is 12.6. The van der Waals surface area contributed by atoms with Gasteiger partial charge in [0.2, 0.25) is 0 Å². The van der Waals surface area contributed by atoms with Crippen LogP contribution in [0.2, 0.25) is 0 Å². The molecular weight excluding hydrogens is 449 g/mol. The van der Waals surface area contributed by atoms with E-state index in [1.54, 1.807) is 0 Å². The number of aliphatic hydroxyl groups excluding tert-OH is 3. The molecule has 2 aliphatic rings. The van der Waals surface area contributed by atoms with Gasteiger partial charge in [0.05, 0.1) is 6.61 Å². The molecule has 0 aliphatic carbocycles. The molecule has 2 rings (SSSR count). The third-order valence-electron chi connectivity index (χ3n) is 4.69. The molecular formula is C17H23F3N2O10. The van der Waals surface area contributed by atoms with Crippen LogP contribution in [0.4, 0.5) is 13.2 Å². The number of ether oxygens (including phenoxy) is 2. The number of alkyl halides is 3. The predicted octanol–water partition coefficient (Wildman–Crippen LogP) is -1.73. The van der Waals surface area contributed by atoms with Gasteiger partial charge in [0, 0.05) is 25.9 Å². The molecule has 0 radical (unpaired) electrons. The Morgan fingerprint density at radius 2 is 1.75 bits per heavy atom. The van der Waals surface area contributed by atoms with Gasteiger partial charge in [0.15, 0.2) is 6.29 Å². The normalized spacial score (nSPS) is 28.7. The van der Waals surface area contributed by atoms with Crippen molar-refractivity contribution >= 4 is 23.7 Å². The number of unbranched alkanes of at least 4 members (excludes halogenated alkanes) is 1. The van der Waals surface area contributed by atoms with Crippen molar-refractivity contribution < 1.29 is 62.0 Å². The minimum absolute atomic E-state index is 0.0528. The summed E-state index contributed by atoms with van der Waals surface area (Å²) in [5.74, 6) is -4.50. The zero-order valence-electron chi connectivity index (χ0n) is 16.6. The van der Waals surface area contributed by atoms with Crippen molar-refractivity contribution in [3.63, 3.8) is 0 Å². The molecule has 0 spiro atoms. The molecule has 0 aromatic carbocycles. The van der Waals surface area contributed by atoms with E-state index in [1.807, 2.05) is 0 Å². The van der Waals surface area contributed by atoms with Gasteiger partial charge in [-0.2, -0.15) is 13.2 Å². The number of imide groups is 1. The van der Waals surface area contributed by atoms with Gasteiger partial charge < -0.3 is 34.9 Å². The smallest absolute Gasteiger partial charge is 0.394 e. The second-order valence-corrected chi connectivity index (χ2v) is 7.08.